The molecule has 1 aromatic carbocycles. The van der Waals surface area contributed by atoms with Crippen LogP contribution in [0, 0.1) is 17.4 Å². The van der Waals surface area contributed by atoms with Crippen LogP contribution >= 0.6 is 0 Å². The molecule has 2 aromatic rings. The zero-order valence-corrected chi connectivity index (χ0v) is 6.28. The molecule has 1 aromatic heterocycles. The van der Waals surface area contributed by atoms with Gasteiger partial charge in [-0.1, -0.05) is 18.2 Å². The maximum Gasteiger partial charge on any atom is 0.101 e. The van der Waals surface area contributed by atoms with E-state index in [2.05, 4.69) is 11.1 Å². The van der Waals surface area contributed by atoms with Crippen molar-refractivity contribution in [2.45, 2.75) is 0 Å². The summed E-state index contributed by atoms with van der Waals surface area (Å²) in [6.07, 6.45) is 1.53. The molecular formula is C10H5N2. The predicted molar refractivity (Wildman–Crippen MR) is 45.3 cm³/mol. The summed E-state index contributed by atoms with van der Waals surface area (Å²) in [7, 11) is 0. The third kappa shape index (κ3) is 1.02. The first-order valence-corrected chi connectivity index (χ1v) is 3.57. The summed E-state index contributed by atoms with van der Waals surface area (Å²) in [4.78, 5) is 4.10. The Balaban J connectivity index is 2.78. The van der Waals surface area contributed by atoms with E-state index >= 15 is 0 Å². The number of benzene rings is 1. The van der Waals surface area contributed by atoms with Gasteiger partial charge in [0.05, 0.1) is 11.1 Å². The van der Waals surface area contributed by atoms with Crippen LogP contribution in [0.1, 0.15) is 5.56 Å². The van der Waals surface area contributed by atoms with Gasteiger partial charge in [0.2, 0.25) is 0 Å². The molecule has 1 heterocycles. The van der Waals surface area contributed by atoms with Crippen LogP contribution in [-0.4, -0.2) is 4.98 Å². The fraction of sp³-hybridized carbons (Fsp3) is 0. The fourth-order valence-electron chi connectivity index (χ4n) is 1.06. The quantitative estimate of drug-likeness (QED) is 0.579. The molecule has 0 saturated carbocycles. The lowest BCUT2D eigenvalue weighted by molar-refractivity contribution is 1.37. The van der Waals surface area contributed by atoms with Gasteiger partial charge < -0.3 is 0 Å². The number of para-hydroxylation sites is 1. The van der Waals surface area contributed by atoms with Crippen molar-refractivity contribution < 1.29 is 0 Å². The predicted octanol–water partition coefficient (Wildman–Crippen LogP) is 1.91. The fourth-order valence-corrected chi connectivity index (χ4v) is 1.06. The minimum atomic E-state index is 0.480. The van der Waals surface area contributed by atoms with Gasteiger partial charge in [0.1, 0.15) is 6.07 Å². The Labute approximate surface area is 70.1 Å². The number of nitrogens with zero attached hydrogens (tertiary/aromatic N) is 2. The summed E-state index contributed by atoms with van der Waals surface area (Å²) < 4.78 is 0. The average Bonchev–Trinajstić information content (AvgIpc) is 2.17. The van der Waals surface area contributed by atoms with Gasteiger partial charge in [-0.2, -0.15) is 5.26 Å². The van der Waals surface area contributed by atoms with Gasteiger partial charge in [0, 0.05) is 17.6 Å². The number of nitriles is 1. The van der Waals surface area contributed by atoms with Crippen molar-refractivity contribution in [1.29, 1.82) is 5.26 Å². The molecule has 0 aliphatic heterocycles. The van der Waals surface area contributed by atoms with Crippen LogP contribution < -0.4 is 0 Å². The Morgan fingerprint density at radius 1 is 1.33 bits per heavy atom. The molecule has 0 N–H and O–H groups in total. The molecule has 1 radical (unpaired) electrons. The maximum absolute atomic E-state index is 8.58. The van der Waals surface area contributed by atoms with Crippen LogP contribution in [0.25, 0.3) is 10.9 Å². The molecule has 0 spiro atoms. The van der Waals surface area contributed by atoms with Crippen molar-refractivity contribution in [2.24, 2.45) is 0 Å². The van der Waals surface area contributed by atoms with Crippen molar-refractivity contribution in [1.82, 2.24) is 4.98 Å². The van der Waals surface area contributed by atoms with Gasteiger partial charge in [0.15, 0.2) is 0 Å². The minimum absolute atomic E-state index is 0.480. The standard InChI is InChI=1S/C10H5N2/c11-6-8-5-9-3-1-2-4-10(9)12-7-8/h1-4,7H. The number of fused-ring (bicyclic) bond motifs is 1. The molecule has 2 nitrogen and oxygen atoms in total. The molecular weight excluding hydrogens is 148 g/mol. The van der Waals surface area contributed by atoms with E-state index in [-0.39, 0.29) is 0 Å². The van der Waals surface area contributed by atoms with E-state index in [1.807, 2.05) is 30.3 Å². The summed E-state index contributed by atoms with van der Waals surface area (Å²) >= 11 is 0. The van der Waals surface area contributed by atoms with Gasteiger partial charge in [0.25, 0.3) is 0 Å². The van der Waals surface area contributed by atoms with E-state index < -0.39 is 0 Å². The van der Waals surface area contributed by atoms with Crippen molar-refractivity contribution in [3.05, 3.63) is 42.1 Å². The lowest BCUT2D eigenvalue weighted by Crippen LogP contribution is -1.80. The lowest BCUT2D eigenvalue weighted by atomic mass is 10.2. The number of rotatable bonds is 0. The molecule has 0 unspecified atom stereocenters. The van der Waals surface area contributed by atoms with Gasteiger partial charge in [-0.3, -0.25) is 4.98 Å². The minimum Gasteiger partial charge on any atom is -0.255 e. The second-order valence-electron chi connectivity index (χ2n) is 2.43. The van der Waals surface area contributed by atoms with Crippen LogP contribution in [0.4, 0.5) is 0 Å². The molecule has 55 valence electrons. The second kappa shape index (κ2) is 2.63. The Morgan fingerprint density at radius 3 is 3.00 bits per heavy atom. The highest BCUT2D eigenvalue weighted by Crippen LogP contribution is 2.10. The Hall–Kier alpha value is -1.88. The van der Waals surface area contributed by atoms with Crippen molar-refractivity contribution in [2.75, 3.05) is 0 Å². The van der Waals surface area contributed by atoms with Gasteiger partial charge in [-0.25, -0.2) is 0 Å². The van der Waals surface area contributed by atoms with Crippen LogP contribution in [-0.2, 0) is 0 Å². The molecule has 0 saturated heterocycles. The summed E-state index contributed by atoms with van der Waals surface area (Å²) in [5.74, 6) is 0. The highest BCUT2D eigenvalue weighted by molar-refractivity contribution is 5.78. The Bertz CT molecular complexity index is 455. The molecule has 2 heteroatoms. The van der Waals surface area contributed by atoms with Crippen LogP contribution in [0.3, 0.4) is 0 Å². The van der Waals surface area contributed by atoms with Gasteiger partial charge in [-0.15, -0.1) is 0 Å². The van der Waals surface area contributed by atoms with E-state index in [0.717, 1.165) is 10.9 Å². The molecule has 12 heavy (non-hydrogen) atoms. The van der Waals surface area contributed by atoms with Crippen LogP contribution in [0.5, 0.6) is 0 Å². The van der Waals surface area contributed by atoms with E-state index in [4.69, 9.17) is 5.26 Å². The van der Waals surface area contributed by atoms with Gasteiger partial charge in [-0.05, 0) is 6.07 Å². The molecule has 0 atom stereocenters. The van der Waals surface area contributed by atoms with E-state index in [1.54, 1.807) is 0 Å². The first-order chi connectivity index (χ1) is 5.90. The molecule has 2 rings (SSSR count). The highest BCUT2D eigenvalue weighted by Gasteiger charge is 1.94. The first kappa shape index (κ1) is 6.81. The number of pyridine rings is 1. The number of aromatic nitrogens is 1. The highest BCUT2D eigenvalue weighted by atomic mass is 14.6. The smallest absolute Gasteiger partial charge is 0.101 e. The zero-order chi connectivity index (χ0) is 8.39. The number of hydrogen-bond acceptors (Lipinski definition) is 2. The Morgan fingerprint density at radius 2 is 2.17 bits per heavy atom. The molecule has 0 fully saturated rings. The normalized spacial score (nSPS) is 9.58. The summed E-state index contributed by atoms with van der Waals surface area (Å²) in [5, 5.41) is 9.46. The topological polar surface area (TPSA) is 36.7 Å². The molecule has 0 amide bonds. The monoisotopic (exact) mass is 153 g/mol. The van der Waals surface area contributed by atoms with Crippen molar-refractivity contribution in [3.63, 3.8) is 0 Å². The average molecular weight is 153 g/mol. The SMILES string of the molecule is N#Cc1[c]c2ccccc2nc1. The molecule has 0 aliphatic rings. The van der Waals surface area contributed by atoms with Crippen LogP contribution in [0.2, 0.25) is 0 Å². The van der Waals surface area contributed by atoms with E-state index in [0.29, 0.717) is 5.56 Å². The number of hydrogen-bond donors (Lipinski definition) is 0. The third-order valence-corrected chi connectivity index (χ3v) is 1.63. The second-order valence-corrected chi connectivity index (χ2v) is 2.43. The van der Waals surface area contributed by atoms with Crippen LogP contribution in [0.15, 0.2) is 30.5 Å². The zero-order valence-electron chi connectivity index (χ0n) is 6.28. The summed E-state index contributed by atoms with van der Waals surface area (Å²) in [6.45, 7) is 0. The molecule has 0 aliphatic carbocycles. The largest absolute Gasteiger partial charge is 0.255 e. The van der Waals surface area contributed by atoms with Crippen molar-refractivity contribution in [3.8, 4) is 6.07 Å². The maximum atomic E-state index is 8.58. The van der Waals surface area contributed by atoms with Gasteiger partial charge >= 0.3 is 0 Å². The Kier molecular flexibility index (Phi) is 1.49. The molecule has 0 bridgehead atoms. The first-order valence-electron chi connectivity index (χ1n) is 3.57. The summed E-state index contributed by atoms with van der Waals surface area (Å²) in [5.41, 5.74) is 1.35. The van der Waals surface area contributed by atoms with E-state index in [1.165, 1.54) is 6.20 Å². The lowest BCUT2D eigenvalue weighted by Gasteiger charge is -1.93. The third-order valence-electron chi connectivity index (χ3n) is 1.63. The summed E-state index contributed by atoms with van der Waals surface area (Å²) in [6, 6.07) is 12.6. The van der Waals surface area contributed by atoms with E-state index in [9.17, 15) is 0 Å². The van der Waals surface area contributed by atoms with Crippen molar-refractivity contribution >= 4 is 10.9 Å².